The van der Waals surface area contributed by atoms with E-state index in [0.29, 0.717) is 23.2 Å². The molecule has 20 heavy (non-hydrogen) atoms. The van der Waals surface area contributed by atoms with Crippen LogP contribution in [0.25, 0.3) is 0 Å². The summed E-state index contributed by atoms with van der Waals surface area (Å²) in [7, 11) is 1.63. The number of ether oxygens (including phenoxy) is 2. The molecule has 108 valence electrons. The molecule has 2 aromatic rings. The van der Waals surface area contributed by atoms with Crippen LogP contribution in [0.1, 0.15) is 31.7 Å². The molecule has 0 saturated heterocycles. The van der Waals surface area contributed by atoms with Crippen molar-refractivity contribution in [3.8, 4) is 5.75 Å². The SMILES string of the molecule is COC(c1noc(COc2ccccc2N)n1)C(C)C. The Morgan fingerprint density at radius 3 is 2.70 bits per heavy atom. The van der Waals surface area contributed by atoms with Gasteiger partial charge in [0.05, 0.1) is 5.69 Å². The lowest BCUT2D eigenvalue weighted by atomic mass is 10.1. The molecule has 0 bridgehead atoms. The lowest BCUT2D eigenvalue weighted by Gasteiger charge is -2.14. The van der Waals surface area contributed by atoms with Crippen LogP contribution in [0.15, 0.2) is 28.8 Å². The monoisotopic (exact) mass is 277 g/mol. The molecule has 0 aliphatic carbocycles. The Bertz CT molecular complexity index is 554. The van der Waals surface area contributed by atoms with E-state index in [1.54, 1.807) is 19.2 Å². The Morgan fingerprint density at radius 2 is 2.05 bits per heavy atom. The number of benzene rings is 1. The van der Waals surface area contributed by atoms with E-state index in [1.165, 1.54) is 0 Å². The predicted octanol–water partition coefficient (Wildman–Crippen LogP) is 2.57. The number of anilines is 1. The maximum Gasteiger partial charge on any atom is 0.264 e. The maximum absolute atomic E-state index is 5.79. The average molecular weight is 277 g/mol. The molecule has 0 aliphatic heterocycles. The van der Waals surface area contributed by atoms with Gasteiger partial charge in [-0.05, 0) is 18.1 Å². The van der Waals surface area contributed by atoms with Gasteiger partial charge in [-0.2, -0.15) is 4.98 Å². The van der Waals surface area contributed by atoms with Crippen LogP contribution in [0.4, 0.5) is 5.69 Å². The van der Waals surface area contributed by atoms with Gasteiger partial charge >= 0.3 is 0 Å². The third-order valence-corrected chi connectivity index (χ3v) is 2.87. The van der Waals surface area contributed by atoms with Crippen molar-refractivity contribution in [1.82, 2.24) is 10.1 Å². The van der Waals surface area contributed by atoms with Crippen molar-refractivity contribution in [3.63, 3.8) is 0 Å². The van der Waals surface area contributed by atoms with Crippen molar-refractivity contribution in [2.45, 2.75) is 26.6 Å². The van der Waals surface area contributed by atoms with Gasteiger partial charge < -0.3 is 19.7 Å². The molecule has 1 atom stereocenters. The van der Waals surface area contributed by atoms with E-state index in [4.69, 9.17) is 19.7 Å². The van der Waals surface area contributed by atoms with Crippen molar-refractivity contribution in [2.24, 2.45) is 5.92 Å². The Labute approximate surface area is 117 Å². The van der Waals surface area contributed by atoms with Crippen LogP contribution in [0, 0.1) is 5.92 Å². The molecular formula is C14H19N3O3. The van der Waals surface area contributed by atoms with Crippen molar-refractivity contribution in [3.05, 3.63) is 36.0 Å². The summed E-state index contributed by atoms with van der Waals surface area (Å²) in [6, 6.07) is 7.26. The third kappa shape index (κ3) is 3.27. The van der Waals surface area contributed by atoms with E-state index in [-0.39, 0.29) is 18.6 Å². The molecule has 1 unspecified atom stereocenters. The minimum absolute atomic E-state index is 0.176. The van der Waals surface area contributed by atoms with Gasteiger partial charge in [0.25, 0.3) is 5.89 Å². The zero-order valence-corrected chi connectivity index (χ0v) is 11.9. The molecule has 6 heteroatoms. The summed E-state index contributed by atoms with van der Waals surface area (Å²) in [6.45, 7) is 4.24. The molecule has 6 nitrogen and oxygen atoms in total. The molecule has 0 spiro atoms. The number of nitrogens with two attached hydrogens (primary N) is 1. The number of aromatic nitrogens is 2. The Kier molecular flexibility index (Phi) is 4.57. The number of nitrogen functional groups attached to an aromatic ring is 1. The van der Waals surface area contributed by atoms with Crippen LogP contribution >= 0.6 is 0 Å². The van der Waals surface area contributed by atoms with Gasteiger partial charge in [-0.1, -0.05) is 31.1 Å². The molecule has 0 amide bonds. The zero-order valence-electron chi connectivity index (χ0n) is 11.9. The van der Waals surface area contributed by atoms with Crippen molar-refractivity contribution in [2.75, 3.05) is 12.8 Å². The predicted molar refractivity (Wildman–Crippen MR) is 74.1 cm³/mol. The number of nitrogens with zero attached hydrogens (tertiary/aromatic N) is 2. The maximum atomic E-state index is 5.79. The first-order chi connectivity index (χ1) is 9.61. The number of hydrogen-bond acceptors (Lipinski definition) is 6. The first kappa shape index (κ1) is 14.3. The molecule has 0 radical (unpaired) electrons. The first-order valence-corrected chi connectivity index (χ1v) is 6.44. The highest BCUT2D eigenvalue weighted by atomic mass is 16.5. The Morgan fingerprint density at radius 1 is 1.30 bits per heavy atom. The number of hydrogen-bond donors (Lipinski definition) is 1. The van der Waals surface area contributed by atoms with Gasteiger partial charge in [0.1, 0.15) is 11.9 Å². The van der Waals surface area contributed by atoms with E-state index in [9.17, 15) is 0 Å². The highest BCUT2D eigenvalue weighted by Gasteiger charge is 2.21. The number of methoxy groups -OCH3 is 1. The average Bonchev–Trinajstić information content (AvgIpc) is 2.87. The molecule has 2 rings (SSSR count). The largest absolute Gasteiger partial charge is 0.482 e. The van der Waals surface area contributed by atoms with Gasteiger partial charge in [-0.15, -0.1) is 0 Å². The fourth-order valence-corrected chi connectivity index (χ4v) is 1.87. The van der Waals surface area contributed by atoms with E-state index in [0.717, 1.165) is 0 Å². The summed E-state index contributed by atoms with van der Waals surface area (Å²) in [5.74, 6) is 1.78. The van der Waals surface area contributed by atoms with Gasteiger partial charge in [0.15, 0.2) is 6.61 Å². The minimum Gasteiger partial charge on any atom is -0.482 e. The fourth-order valence-electron chi connectivity index (χ4n) is 1.87. The molecule has 1 aromatic heterocycles. The summed E-state index contributed by atoms with van der Waals surface area (Å²) < 4.78 is 16.0. The van der Waals surface area contributed by atoms with Crippen LogP contribution in [0.3, 0.4) is 0 Å². The second kappa shape index (κ2) is 6.38. The van der Waals surface area contributed by atoms with Crippen LogP contribution in [0.5, 0.6) is 5.75 Å². The molecule has 1 aromatic carbocycles. The van der Waals surface area contributed by atoms with Crippen molar-refractivity contribution >= 4 is 5.69 Å². The molecule has 0 aliphatic rings. The van der Waals surface area contributed by atoms with Gasteiger partial charge in [-0.3, -0.25) is 0 Å². The van der Waals surface area contributed by atoms with E-state index >= 15 is 0 Å². The molecule has 0 saturated carbocycles. The fraction of sp³-hybridized carbons (Fsp3) is 0.429. The standard InChI is InChI=1S/C14H19N3O3/c1-9(2)13(18-3)14-16-12(20-17-14)8-19-11-7-5-4-6-10(11)15/h4-7,9,13H,8,15H2,1-3H3. The Balaban J connectivity index is 2.01. The summed E-state index contributed by atoms with van der Waals surface area (Å²) >= 11 is 0. The molecule has 2 N–H and O–H groups in total. The van der Waals surface area contributed by atoms with Gasteiger partial charge in [0.2, 0.25) is 5.82 Å². The van der Waals surface area contributed by atoms with E-state index < -0.39 is 0 Å². The van der Waals surface area contributed by atoms with E-state index in [2.05, 4.69) is 10.1 Å². The lowest BCUT2D eigenvalue weighted by Crippen LogP contribution is -2.10. The minimum atomic E-state index is -0.186. The van der Waals surface area contributed by atoms with Crippen molar-refractivity contribution in [1.29, 1.82) is 0 Å². The molecular weight excluding hydrogens is 258 g/mol. The summed E-state index contributed by atoms with van der Waals surface area (Å²) in [4.78, 5) is 4.28. The summed E-state index contributed by atoms with van der Waals surface area (Å²) in [6.07, 6.45) is -0.186. The van der Waals surface area contributed by atoms with Crippen LogP contribution in [-0.2, 0) is 11.3 Å². The smallest absolute Gasteiger partial charge is 0.264 e. The lowest BCUT2D eigenvalue weighted by molar-refractivity contribution is 0.0555. The van der Waals surface area contributed by atoms with E-state index in [1.807, 2.05) is 26.0 Å². The first-order valence-electron chi connectivity index (χ1n) is 6.44. The summed E-state index contributed by atoms with van der Waals surface area (Å²) in [5.41, 5.74) is 6.36. The second-order valence-electron chi connectivity index (χ2n) is 4.77. The quantitative estimate of drug-likeness (QED) is 0.817. The summed E-state index contributed by atoms with van der Waals surface area (Å²) in [5, 5.41) is 3.92. The zero-order chi connectivity index (χ0) is 14.5. The van der Waals surface area contributed by atoms with Gasteiger partial charge in [-0.25, -0.2) is 0 Å². The number of para-hydroxylation sites is 2. The van der Waals surface area contributed by atoms with Crippen LogP contribution in [-0.4, -0.2) is 17.3 Å². The highest BCUT2D eigenvalue weighted by molar-refractivity contribution is 5.51. The third-order valence-electron chi connectivity index (χ3n) is 2.87. The number of rotatable bonds is 6. The van der Waals surface area contributed by atoms with Crippen LogP contribution in [0.2, 0.25) is 0 Å². The molecule has 0 fully saturated rings. The second-order valence-corrected chi connectivity index (χ2v) is 4.77. The highest BCUT2D eigenvalue weighted by Crippen LogP contribution is 2.23. The Hall–Kier alpha value is -2.08. The normalized spacial score (nSPS) is 12.6. The van der Waals surface area contributed by atoms with Crippen LogP contribution < -0.4 is 10.5 Å². The molecule has 1 heterocycles. The van der Waals surface area contributed by atoms with Gasteiger partial charge in [0, 0.05) is 7.11 Å². The van der Waals surface area contributed by atoms with Crippen molar-refractivity contribution < 1.29 is 14.0 Å². The topological polar surface area (TPSA) is 83.4 Å².